The molecule has 0 radical (unpaired) electrons. The smallest absolute Gasteiger partial charge is 0.231 e. The van der Waals surface area contributed by atoms with E-state index in [0.29, 0.717) is 25.8 Å². The fourth-order valence-electron chi connectivity index (χ4n) is 2.56. The second-order valence-corrected chi connectivity index (χ2v) is 5.29. The van der Waals surface area contributed by atoms with Crippen molar-refractivity contribution in [2.45, 2.75) is 31.7 Å². The minimum atomic E-state index is -0.0389. The summed E-state index contributed by atoms with van der Waals surface area (Å²) in [5.41, 5.74) is 1.04. The van der Waals surface area contributed by atoms with Crippen LogP contribution in [0.15, 0.2) is 18.2 Å². The van der Waals surface area contributed by atoms with Crippen molar-refractivity contribution in [2.75, 3.05) is 13.3 Å². The van der Waals surface area contributed by atoms with Crippen LogP contribution in [-0.2, 0) is 16.0 Å². The van der Waals surface area contributed by atoms with Gasteiger partial charge in [-0.05, 0) is 30.5 Å². The fraction of sp³-hybridized carbons (Fsp3) is 0.467. The van der Waals surface area contributed by atoms with Crippen LogP contribution < -0.4 is 20.1 Å². The number of fused-ring (bicyclic) bond motifs is 1. The number of hydrogen-bond acceptors (Lipinski definition) is 4. The first kappa shape index (κ1) is 13.7. The number of carbonyl (C=O) groups excluding carboxylic acids is 2. The van der Waals surface area contributed by atoms with Gasteiger partial charge in [0.2, 0.25) is 18.6 Å². The van der Waals surface area contributed by atoms with E-state index in [0.717, 1.165) is 23.5 Å². The molecule has 21 heavy (non-hydrogen) atoms. The standard InChI is InChI=1S/C15H18N2O4/c18-14(17-11-5-6-16-15(19)8-11)4-2-10-1-3-12-13(7-10)21-9-20-12/h1,3,7,11H,2,4-6,8-9H2,(H,16,19)(H,17,18). The second-order valence-electron chi connectivity index (χ2n) is 5.29. The van der Waals surface area contributed by atoms with Gasteiger partial charge in [-0.3, -0.25) is 9.59 Å². The summed E-state index contributed by atoms with van der Waals surface area (Å²) in [5, 5.41) is 5.67. The zero-order valence-electron chi connectivity index (χ0n) is 11.7. The summed E-state index contributed by atoms with van der Waals surface area (Å²) in [6.07, 6.45) is 2.20. The number of rotatable bonds is 4. The number of hydrogen-bond donors (Lipinski definition) is 2. The van der Waals surface area contributed by atoms with E-state index >= 15 is 0 Å². The Balaban J connectivity index is 1.48. The van der Waals surface area contributed by atoms with Crippen molar-refractivity contribution in [3.8, 4) is 11.5 Å². The van der Waals surface area contributed by atoms with Crippen LogP contribution in [0.25, 0.3) is 0 Å². The number of piperidine rings is 1. The molecule has 0 spiro atoms. The van der Waals surface area contributed by atoms with Gasteiger partial charge >= 0.3 is 0 Å². The van der Waals surface area contributed by atoms with Crippen molar-refractivity contribution < 1.29 is 19.1 Å². The molecular formula is C15H18N2O4. The summed E-state index contributed by atoms with van der Waals surface area (Å²) in [6, 6.07) is 5.67. The van der Waals surface area contributed by atoms with Crippen molar-refractivity contribution in [1.29, 1.82) is 0 Å². The van der Waals surface area contributed by atoms with Crippen molar-refractivity contribution in [1.82, 2.24) is 10.6 Å². The maximum Gasteiger partial charge on any atom is 0.231 e. The van der Waals surface area contributed by atoms with Crippen LogP contribution in [0.1, 0.15) is 24.8 Å². The van der Waals surface area contributed by atoms with Gasteiger partial charge in [-0.25, -0.2) is 0 Å². The van der Waals surface area contributed by atoms with Gasteiger partial charge in [0.15, 0.2) is 11.5 Å². The van der Waals surface area contributed by atoms with E-state index in [2.05, 4.69) is 10.6 Å². The summed E-state index contributed by atoms with van der Waals surface area (Å²) in [6.45, 7) is 0.884. The van der Waals surface area contributed by atoms with Gasteiger partial charge < -0.3 is 20.1 Å². The Morgan fingerprint density at radius 2 is 2.19 bits per heavy atom. The summed E-state index contributed by atoms with van der Waals surface area (Å²) in [4.78, 5) is 23.2. The maximum absolute atomic E-state index is 11.9. The molecule has 2 amide bonds. The van der Waals surface area contributed by atoms with Crippen molar-refractivity contribution in [3.63, 3.8) is 0 Å². The molecule has 1 saturated heterocycles. The van der Waals surface area contributed by atoms with Crippen LogP contribution in [0, 0.1) is 0 Å². The maximum atomic E-state index is 11.9. The molecule has 1 aromatic carbocycles. The Bertz CT molecular complexity index is 559. The van der Waals surface area contributed by atoms with Gasteiger partial charge in [0.25, 0.3) is 0 Å². The molecule has 2 aliphatic rings. The van der Waals surface area contributed by atoms with E-state index in [4.69, 9.17) is 9.47 Å². The molecule has 1 unspecified atom stereocenters. The highest BCUT2D eigenvalue weighted by Gasteiger charge is 2.20. The van der Waals surface area contributed by atoms with Crippen LogP contribution >= 0.6 is 0 Å². The number of ether oxygens (including phenoxy) is 2. The lowest BCUT2D eigenvalue weighted by molar-refractivity contribution is -0.124. The summed E-state index contributed by atoms with van der Waals surface area (Å²) < 4.78 is 10.6. The molecule has 1 fully saturated rings. The van der Waals surface area contributed by atoms with Crippen LogP contribution in [0.2, 0.25) is 0 Å². The van der Waals surface area contributed by atoms with E-state index in [1.807, 2.05) is 18.2 Å². The third kappa shape index (κ3) is 3.45. The Labute approximate surface area is 122 Å². The molecule has 1 aromatic rings. The van der Waals surface area contributed by atoms with Gasteiger partial charge in [0, 0.05) is 25.4 Å². The quantitative estimate of drug-likeness (QED) is 0.857. The monoisotopic (exact) mass is 290 g/mol. The van der Waals surface area contributed by atoms with Crippen molar-refractivity contribution in [3.05, 3.63) is 23.8 Å². The molecular weight excluding hydrogens is 272 g/mol. The SMILES string of the molecule is O=C1CC(NC(=O)CCc2ccc3c(c2)OCO3)CCN1. The molecule has 0 saturated carbocycles. The molecule has 0 aliphatic carbocycles. The van der Waals surface area contributed by atoms with E-state index in [-0.39, 0.29) is 24.6 Å². The van der Waals surface area contributed by atoms with Crippen molar-refractivity contribution in [2.24, 2.45) is 0 Å². The van der Waals surface area contributed by atoms with Gasteiger partial charge in [0.05, 0.1) is 0 Å². The lowest BCUT2D eigenvalue weighted by Crippen LogP contribution is -2.45. The number of aryl methyl sites for hydroxylation is 1. The molecule has 6 heteroatoms. The minimum absolute atomic E-state index is 0.00215. The van der Waals surface area contributed by atoms with Crippen LogP contribution in [0.5, 0.6) is 11.5 Å². The Morgan fingerprint density at radius 3 is 3.05 bits per heavy atom. The van der Waals surface area contributed by atoms with E-state index in [9.17, 15) is 9.59 Å². The first-order valence-corrected chi connectivity index (χ1v) is 7.15. The van der Waals surface area contributed by atoms with Crippen LogP contribution in [-0.4, -0.2) is 31.2 Å². The molecule has 2 heterocycles. The van der Waals surface area contributed by atoms with Crippen LogP contribution in [0.4, 0.5) is 0 Å². The van der Waals surface area contributed by atoms with E-state index in [1.165, 1.54) is 0 Å². The average molecular weight is 290 g/mol. The predicted molar refractivity (Wildman–Crippen MR) is 75.1 cm³/mol. The lowest BCUT2D eigenvalue weighted by atomic mass is 10.0. The molecule has 3 rings (SSSR count). The zero-order chi connectivity index (χ0) is 14.7. The molecule has 1 atom stereocenters. The molecule has 2 aliphatic heterocycles. The van der Waals surface area contributed by atoms with Gasteiger partial charge in [-0.2, -0.15) is 0 Å². The Morgan fingerprint density at radius 1 is 1.33 bits per heavy atom. The first-order valence-electron chi connectivity index (χ1n) is 7.15. The summed E-state index contributed by atoms with van der Waals surface area (Å²) >= 11 is 0. The Kier molecular flexibility index (Phi) is 3.94. The normalized spacial score (nSPS) is 20.0. The van der Waals surface area contributed by atoms with E-state index < -0.39 is 0 Å². The highest BCUT2D eigenvalue weighted by molar-refractivity contribution is 5.80. The number of amides is 2. The summed E-state index contributed by atoms with van der Waals surface area (Å²) in [7, 11) is 0. The van der Waals surface area contributed by atoms with Crippen molar-refractivity contribution >= 4 is 11.8 Å². The van der Waals surface area contributed by atoms with Gasteiger partial charge in [-0.1, -0.05) is 6.07 Å². The molecule has 6 nitrogen and oxygen atoms in total. The average Bonchev–Trinajstić information content (AvgIpc) is 2.92. The summed E-state index contributed by atoms with van der Waals surface area (Å²) in [5.74, 6) is 1.46. The molecule has 0 aromatic heterocycles. The molecule has 112 valence electrons. The fourth-order valence-corrected chi connectivity index (χ4v) is 2.56. The highest BCUT2D eigenvalue weighted by Crippen LogP contribution is 2.32. The zero-order valence-corrected chi connectivity index (χ0v) is 11.7. The highest BCUT2D eigenvalue weighted by atomic mass is 16.7. The first-order chi connectivity index (χ1) is 10.2. The number of carbonyl (C=O) groups is 2. The van der Waals surface area contributed by atoms with Gasteiger partial charge in [0.1, 0.15) is 0 Å². The predicted octanol–water partition coefficient (Wildman–Crippen LogP) is 0.743. The number of nitrogens with one attached hydrogen (secondary N) is 2. The van der Waals surface area contributed by atoms with Crippen LogP contribution in [0.3, 0.4) is 0 Å². The third-order valence-electron chi connectivity index (χ3n) is 3.69. The third-order valence-corrected chi connectivity index (χ3v) is 3.69. The number of benzene rings is 1. The van der Waals surface area contributed by atoms with E-state index in [1.54, 1.807) is 0 Å². The largest absolute Gasteiger partial charge is 0.454 e. The minimum Gasteiger partial charge on any atom is -0.454 e. The topological polar surface area (TPSA) is 76.7 Å². The van der Waals surface area contributed by atoms with Gasteiger partial charge in [-0.15, -0.1) is 0 Å². The lowest BCUT2D eigenvalue weighted by Gasteiger charge is -2.23. The molecule has 0 bridgehead atoms. The second kappa shape index (κ2) is 6.03. The Hall–Kier alpha value is -2.24. The molecule has 2 N–H and O–H groups in total.